The van der Waals surface area contributed by atoms with Crippen molar-refractivity contribution < 1.29 is 14.1 Å². The van der Waals surface area contributed by atoms with Crippen molar-refractivity contribution in [3.05, 3.63) is 0 Å². The van der Waals surface area contributed by atoms with Gasteiger partial charge in [-0.3, -0.25) is 9.69 Å². The number of nitrogens with zero attached hydrogens (tertiary/aromatic N) is 2. The topological polar surface area (TPSA) is 44.6 Å². The van der Waals surface area contributed by atoms with Crippen LogP contribution < -0.4 is 5.32 Å². The maximum Gasteiger partial charge on any atom is 0.453 e. The SMILES string of the molecule is CCN/C(OC(C)=O)=[N+]1\CCC1N(C)C. The lowest BCUT2D eigenvalue weighted by atomic mass is 10.2. The summed E-state index contributed by atoms with van der Waals surface area (Å²) >= 11 is 0. The summed E-state index contributed by atoms with van der Waals surface area (Å²) in [6.45, 7) is 5.08. The molecule has 1 fully saturated rings. The van der Waals surface area contributed by atoms with Crippen molar-refractivity contribution in [2.45, 2.75) is 26.4 Å². The zero-order valence-electron chi connectivity index (χ0n) is 9.91. The molecule has 0 aromatic carbocycles. The molecule has 1 aliphatic rings. The van der Waals surface area contributed by atoms with Crippen LogP contribution in [0.5, 0.6) is 0 Å². The van der Waals surface area contributed by atoms with Crippen LogP contribution in [-0.2, 0) is 9.53 Å². The summed E-state index contributed by atoms with van der Waals surface area (Å²) < 4.78 is 7.20. The van der Waals surface area contributed by atoms with Crippen LogP contribution in [0, 0.1) is 0 Å². The van der Waals surface area contributed by atoms with E-state index in [1.54, 1.807) is 0 Å². The van der Waals surface area contributed by atoms with Crippen molar-refractivity contribution in [3.63, 3.8) is 0 Å². The first-order valence-corrected chi connectivity index (χ1v) is 5.28. The number of ether oxygens (including phenoxy) is 1. The van der Waals surface area contributed by atoms with E-state index in [4.69, 9.17) is 4.74 Å². The third kappa shape index (κ3) is 2.92. The molecule has 1 unspecified atom stereocenters. The normalized spacial score (nSPS) is 23.4. The van der Waals surface area contributed by atoms with Crippen LogP contribution in [0.15, 0.2) is 0 Å². The van der Waals surface area contributed by atoms with Gasteiger partial charge in [0.05, 0.1) is 13.1 Å². The van der Waals surface area contributed by atoms with Gasteiger partial charge < -0.3 is 4.74 Å². The van der Waals surface area contributed by atoms with Crippen molar-refractivity contribution in [2.75, 3.05) is 27.2 Å². The van der Waals surface area contributed by atoms with Crippen LogP contribution in [0.1, 0.15) is 20.3 Å². The van der Waals surface area contributed by atoms with E-state index in [1.807, 2.05) is 21.0 Å². The summed E-state index contributed by atoms with van der Waals surface area (Å²) in [4.78, 5) is 13.0. The molecule has 1 aliphatic heterocycles. The van der Waals surface area contributed by atoms with Gasteiger partial charge in [-0.1, -0.05) is 0 Å². The fourth-order valence-electron chi connectivity index (χ4n) is 1.63. The van der Waals surface area contributed by atoms with E-state index in [9.17, 15) is 4.79 Å². The van der Waals surface area contributed by atoms with Gasteiger partial charge in [0.25, 0.3) is 0 Å². The predicted molar refractivity (Wildman–Crippen MR) is 57.7 cm³/mol. The van der Waals surface area contributed by atoms with E-state index in [-0.39, 0.29) is 5.97 Å². The first kappa shape index (κ1) is 12.0. The average molecular weight is 214 g/mol. The lowest BCUT2D eigenvalue weighted by molar-refractivity contribution is -0.654. The Morgan fingerprint density at radius 3 is 2.60 bits per heavy atom. The quantitative estimate of drug-likeness (QED) is 0.393. The minimum Gasteiger partial charge on any atom is -0.358 e. The predicted octanol–water partition coefficient (Wildman–Crippen LogP) is -0.181. The molecule has 0 aliphatic carbocycles. The number of carbonyl (C=O) groups is 1. The number of hydrogen-bond donors (Lipinski definition) is 1. The van der Waals surface area contributed by atoms with Crippen LogP contribution in [-0.4, -0.2) is 54.8 Å². The Bertz CT molecular complexity index is 274. The molecule has 86 valence electrons. The molecule has 0 saturated carbocycles. The van der Waals surface area contributed by atoms with Gasteiger partial charge in [-0.05, 0) is 21.0 Å². The summed E-state index contributed by atoms with van der Waals surface area (Å²) in [5.74, 6) is -0.282. The van der Waals surface area contributed by atoms with Crippen molar-refractivity contribution in [2.24, 2.45) is 0 Å². The molecule has 0 aromatic heterocycles. The van der Waals surface area contributed by atoms with Crippen molar-refractivity contribution in [1.29, 1.82) is 0 Å². The van der Waals surface area contributed by atoms with Crippen LogP contribution in [0.2, 0.25) is 0 Å². The third-order valence-electron chi connectivity index (χ3n) is 2.41. The number of carbonyl (C=O) groups excluding carboxylic acids is 1. The smallest absolute Gasteiger partial charge is 0.358 e. The second-order valence-electron chi connectivity index (χ2n) is 3.86. The Balaban J connectivity index is 2.75. The Labute approximate surface area is 90.7 Å². The number of esters is 1. The molecule has 1 atom stereocenters. The van der Waals surface area contributed by atoms with E-state index < -0.39 is 0 Å². The second kappa shape index (κ2) is 5.11. The van der Waals surface area contributed by atoms with E-state index in [2.05, 4.69) is 14.8 Å². The summed E-state index contributed by atoms with van der Waals surface area (Å²) in [7, 11) is 4.04. The Kier molecular flexibility index (Phi) is 4.08. The molecular formula is C10H20N3O2+. The first-order valence-electron chi connectivity index (χ1n) is 5.28. The lowest BCUT2D eigenvalue weighted by Crippen LogP contribution is -2.55. The summed E-state index contributed by atoms with van der Waals surface area (Å²) in [6, 6.07) is 0.579. The maximum absolute atomic E-state index is 10.9. The van der Waals surface area contributed by atoms with E-state index in [0.29, 0.717) is 12.2 Å². The molecular weight excluding hydrogens is 194 g/mol. The van der Waals surface area contributed by atoms with Crippen molar-refractivity contribution in [1.82, 2.24) is 10.2 Å². The van der Waals surface area contributed by atoms with Gasteiger partial charge in [-0.15, -0.1) is 0 Å². The number of hydrogen-bond acceptors (Lipinski definition) is 3. The summed E-state index contributed by atoms with van der Waals surface area (Å²) in [6.07, 6.45) is 1.43. The van der Waals surface area contributed by atoms with E-state index >= 15 is 0 Å². The summed E-state index contributed by atoms with van der Waals surface area (Å²) in [5.41, 5.74) is 0. The monoisotopic (exact) mass is 214 g/mol. The minimum atomic E-state index is -0.282. The number of amidine groups is 1. The van der Waals surface area contributed by atoms with Gasteiger partial charge in [0, 0.05) is 13.3 Å². The van der Waals surface area contributed by atoms with Gasteiger partial charge in [0.1, 0.15) is 0 Å². The Morgan fingerprint density at radius 1 is 1.60 bits per heavy atom. The highest BCUT2D eigenvalue weighted by Crippen LogP contribution is 2.13. The molecule has 0 amide bonds. The molecule has 0 spiro atoms. The van der Waals surface area contributed by atoms with Gasteiger partial charge >= 0.3 is 12.0 Å². The Hall–Kier alpha value is -1.10. The fourth-order valence-corrected chi connectivity index (χ4v) is 1.63. The van der Waals surface area contributed by atoms with Crippen LogP contribution in [0.25, 0.3) is 0 Å². The van der Waals surface area contributed by atoms with Gasteiger partial charge in [-0.2, -0.15) is 0 Å². The average Bonchev–Trinajstić information content (AvgIpc) is 1.99. The molecule has 1 rings (SSSR count). The van der Waals surface area contributed by atoms with E-state index in [1.165, 1.54) is 6.92 Å². The Morgan fingerprint density at radius 2 is 2.27 bits per heavy atom. The highest BCUT2D eigenvalue weighted by molar-refractivity contribution is 5.83. The molecule has 5 nitrogen and oxygen atoms in total. The number of nitrogens with one attached hydrogen (secondary N) is 1. The molecule has 0 aromatic rings. The van der Waals surface area contributed by atoms with Gasteiger partial charge in [0.2, 0.25) is 0 Å². The molecule has 0 radical (unpaired) electrons. The zero-order valence-corrected chi connectivity index (χ0v) is 9.91. The molecule has 15 heavy (non-hydrogen) atoms. The van der Waals surface area contributed by atoms with Gasteiger partial charge in [-0.25, -0.2) is 9.89 Å². The zero-order chi connectivity index (χ0) is 11.4. The van der Waals surface area contributed by atoms with Crippen LogP contribution in [0.3, 0.4) is 0 Å². The van der Waals surface area contributed by atoms with Crippen molar-refractivity contribution >= 4 is 12.0 Å². The molecule has 1 saturated heterocycles. The molecule has 1 N–H and O–H groups in total. The molecule has 5 heteroatoms. The lowest BCUT2D eigenvalue weighted by Gasteiger charge is -2.33. The van der Waals surface area contributed by atoms with E-state index in [0.717, 1.165) is 19.5 Å². The molecule has 0 bridgehead atoms. The number of rotatable bonds is 2. The maximum atomic E-state index is 10.9. The van der Waals surface area contributed by atoms with Crippen LogP contribution in [0.4, 0.5) is 0 Å². The first-order chi connectivity index (χ1) is 7.06. The van der Waals surface area contributed by atoms with Gasteiger partial charge in [0.15, 0.2) is 6.17 Å². The minimum absolute atomic E-state index is 0.282. The third-order valence-corrected chi connectivity index (χ3v) is 2.41. The van der Waals surface area contributed by atoms with Crippen LogP contribution >= 0.6 is 0 Å². The standard InChI is InChI=1S/C10H19N3O2/c1-5-11-10(15-8(2)14)13-7-6-9(13)12(3)4/h9H,5-7H2,1-4H3/p+1. The largest absolute Gasteiger partial charge is 0.453 e. The highest BCUT2D eigenvalue weighted by Gasteiger charge is 2.35. The van der Waals surface area contributed by atoms with Crippen molar-refractivity contribution in [3.8, 4) is 0 Å². The fraction of sp³-hybridized carbons (Fsp3) is 0.800. The highest BCUT2D eigenvalue weighted by atomic mass is 16.6. The summed E-state index contributed by atoms with van der Waals surface area (Å²) in [5, 5.41) is 3.07. The molecule has 1 heterocycles. The second-order valence-corrected chi connectivity index (χ2v) is 3.86.